The Hall–Kier alpha value is -2.90. The van der Waals surface area contributed by atoms with Crippen LogP contribution < -0.4 is 5.32 Å². The first-order chi connectivity index (χ1) is 13.3. The molecule has 0 bridgehead atoms. The third-order valence-electron chi connectivity index (χ3n) is 4.74. The number of rotatable bonds is 7. The number of carbonyl (C=O) groups excluding carboxylic acids is 3. The fraction of sp³-hybridized carbons (Fsp3) is 0.500. The molecule has 2 N–H and O–H groups in total. The molecule has 1 heterocycles. The van der Waals surface area contributed by atoms with Gasteiger partial charge in [0.25, 0.3) is 5.91 Å². The molecule has 1 aromatic rings. The van der Waals surface area contributed by atoms with Crippen molar-refractivity contribution in [2.75, 3.05) is 26.0 Å². The van der Waals surface area contributed by atoms with Crippen LogP contribution in [0.5, 0.6) is 0 Å². The Bertz CT molecular complexity index is 747. The van der Waals surface area contributed by atoms with Gasteiger partial charge in [-0.15, -0.1) is 0 Å². The zero-order valence-corrected chi connectivity index (χ0v) is 16.3. The van der Waals surface area contributed by atoms with Crippen molar-refractivity contribution in [1.82, 2.24) is 9.80 Å². The van der Waals surface area contributed by atoms with Crippen molar-refractivity contribution in [1.29, 1.82) is 0 Å². The first-order valence-electron chi connectivity index (χ1n) is 9.43. The lowest BCUT2D eigenvalue weighted by Crippen LogP contribution is -2.48. The largest absolute Gasteiger partial charge is 0.480 e. The molecule has 3 amide bonds. The molecule has 0 saturated carbocycles. The van der Waals surface area contributed by atoms with Crippen LogP contribution in [-0.4, -0.2) is 65.3 Å². The summed E-state index contributed by atoms with van der Waals surface area (Å²) in [6.45, 7) is 0.409. The molecule has 8 heteroatoms. The van der Waals surface area contributed by atoms with E-state index in [4.69, 9.17) is 0 Å². The van der Waals surface area contributed by atoms with Gasteiger partial charge in [-0.1, -0.05) is 6.07 Å². The molecular weight excluding hydrogens is 362 g/mol. The minimum absolute atomic E-state index is 0.0325. The van der Waals surface area contributed by atoms with Gasteiger partial charge in [0, 0.05) is 44.7 Å². The summed E-state index contributed by atoms with van der Waals surface area (Å²) in [6, 6.07) is 5.68. The highest BCUT2D eigenvalue weighted by Crippen LogP contribution is 2.21. The van der Waals surface area contributed by atoms with Crippen LogP contribution in [0.3, 0.4) is 0 Å². The van der Waals surface area contributed by atoms with Crippen molar-refractivity contribution in [2.24, 2.45) is 0 Å². The van der Waals surface area contributed by atoms with Crippen LogP contribution in [0.2, 0.25) is 0 Å². The molecule has 0 spiro atoms. The molecule has 1 aliphatic heterocycles. The zero-order valence-electron chi connectivity index (χ0n) is 16.3. The van der Waals surface area contributed by atoms with Crippen LogP contribution in [0.15, 0.2) is 24.3 Å². The van der Waals surface area contributed by atoms with Crippen molar-refractivity contribution >= 4 is 29.4 Å². The summed E-state index contributed by atoms with van der Waals surface area (Å²) in [5, 5.41) is 12.1. The number of carboxylic acids is 1. The number of piperidine rings is 1. The number of aliphatic carboxylic acids is 1. The van der Waals surface area contributed by atoms with E-state index in [9.17, 15) is 24.3 Å². The Morgan fingerprint density at radius 1 is 1.18 bits per heavy atom. The predicted molar refractivity (Wildman–Crippen MR) is 104 cm³/mol. The van der Waals surface area contributed by atoms with Crippen LogP contribution in [0.25, 0.3) is 0 Å². The summed E-state index contributed by atoms with van der Waals surface area (Å²) in [6.07, 6.45) is 2.94. The molecular formula is C20H27N3O5. The Labute approximate surface area is 164 Å². The minimum Gasteiger partial charge on any atom is -0.480 e. The maximum atomic E-state index is 12.8. The lowest BCUT2D eigenvalue weighted by Gasteiger charge is -2.33. The van der Waals surface area contributed by atoms with Crippen molar-refractivity contribution in [3.63, 3.8) is 0 Å². The summed E-state index contributed by atoms with van der Waals surface area (Å²) < 4.78 is 0. The molecule has 0 aromatic heterocycles. The molecule has 0 aliphatic carbocycles. The summed E-state index contributed by atoms with van der Waals surface area (Å²) in [5.74, 6) is -1.61. The van der Waals surface area contributed by atoms with Crippen molar-refractivity contribution in [3.8, 4) is 0 Å². The van der Waals surface area contributed by atoms with Gasteiger partial charge < -0.3 is 20.2 Å². The number of nitrogens with one attached hydrogen (secondary N) is 1. The first-order valence-corrected chi connectivity index (χ1v) is 9.43. The van der Waals surface area contributed by atoms with Gasteiger partial charge in [0.15, 0.2) is 0 Å². The van der Waals surface area contributed by atoms with Crippen molar-refractivity contribution in [3.05, 3.63) is 29.8 Å². The molecule has 1 saturated heterocycles. The van der Waals surface area contributed by atoms with Crippen molar-refractivity contribution < 1.29 is 24.3 Å². The maximum Gasteiger partial charge on any atom is 0.326 e. The maximum absolute atomic E-state index is 12.8. The summed E-state index contributed by atoms with van der Waals surface area (Å²) >= 11 is 0. The SMILES string of the molecule is CN(C)C(=O)CCCC(=O)Nc1cccc(C(=O)N2CCCCC2C(=O)O)c1. The number of amides is 3. The quantitative estimate of drug-likeness (QED) is 0.741. The van der Waals surface area contributed by atoms with E-state index < -0.39 is 12.0 Å². The molecule has 1 aromatic carbocycles. The Morgan fingerprint density at radius 3 is 2.61 bits per heavy atom. The third-order valence-corrected chi connectivity index (χ3v) is 4.74. The number of benzene rings is 1. The second-order valence-corrected chi connectivity index (χ2v) is 7.12. The van der Waals surface area contributed by atoms with E-state index in [1.54, 1.807) is 38.4 Å². The van der Waals surface area contributed by atoms with Crippen LogP contribution in [0, 0.1) is 0 Å². The molecule has 1 fully saturated rings. The highest BCUT2D eigenvalue weighted by molar-refractivity contribution is 5.99. The normalized spacial score (nSPS) is 16.4. The van der Waals surface area contributed by atoms with E-state index in [0.717, 1.165) is 12.8 Å². The van der Waals surface area contributed by atoms with Gasteiger partial charge >= 0.3 is 5.97 Å². The number of carboxylic acid groups (broad SMARTS) is 1. The second kappa shape index (κ2) is 9.87. The highest BCUT2D eigenvalue weighted by atomic mass is 16.4. The molecule has 8 nitrogen and oxygen atoms in total. The lowest BCUT2D eigenvalue weighted by molar-refractivity contribution is -0.143. The summed E-state index contributed by atoms with van der Waals surface area (Å²) in [7, 11) is 3.34. The zero-order chi connectivity index (χ0) is 20.7. The molecule has 1 unspecified atom stereocenters. The minimum atomic E-state index is -0.996. The van der Waals surface area contributed by atoms with E-state index in [-0.39, 0.29) is 24.1 Å². The average Bonchev–Trinajstić information content (AvgIpc) is 2.67. The van der Waals surface area contributed by atoms with E-state index >= 15 is 0 Å². The number of hydrogen-bond donors (Lipinski definition) is 2. The smallest absolute Gasteiger partial charge is 0.326 e. The van der Waals surface area contributed by atoms with Crippen LogP contribution in [0.4, 0.5) is 5.69 Å². The van der Waals surface area contributed by atoms with Crippen molar-refractivity contribution in [2.45, 2.75) is 44.6 Å². The number of anilines is 1. The summed E-state index contributed by atoms with van der Waals surface area (Å²) in [5.41, 5.74) is 0.812. The molecule has 2 rings (SSSR count). The van der Waals surface area contributed by atoms with Gasteiger partial charge in [-0.3, -0.25) is 14.4 Å². The lowest BCUT2D eigenvalue weighted by atomic mass is 10.0. The molecule has 152 valence electrons. The topological polar surface area (TPSA) is 107 Å². The van der Waals surface area contributed by atoms with E-state index in [1.165, 1.54) is 9.80 Å². The Morgan fingerprint density at radius 2 is 1.93 bits per heavy atom. The van der Waals surface area contributed by atoms with Crippen LogP contribution in [-0.2, 0) is 14.4 Å². The molecule has 0 radical (unpaired) electrons. The molecule has 1 atom stereocenters. The number of nitrogens with zero attached hydrogens (tertiary/aromatic N) is 2. The number of carbonyl (C=O) groups is 4. The van der Waals surface area contributed by atoms with E-state index in [2.05, 4.69) is 5.32 Å². The van der Waals surface area contributed by atoms with E-state index in [0.29, 0.717) is 37.1 Å². The van der Waals surface area contributed by atoms with Gasteiger partial charge in [0.05, 0.1) is 0 Å². The monoisotopic (exact) mass is 389 g/mol. The van der Waals surface area contributed by atoms with Gasteiger partial charge in [-0.05, 0) is 43.9 Å². The highest BCUT2D eigenvalue weighted by Gasteiger charge is 2.32. The van der Waals surface area contributed by atoms with Gasteiger partial charge in [-0.2, -0.15) is 0 Å². The second-order valence-electron chi connectivity index (χ2n) is 7.12. The van der Waals surface area contributed by atoms with E-state index in [1.807, 2.05) is 0 Å². The molecule has 28 heavy (non-hydrogen) atoms. The third kappa shape index (κ3) is 5.80. The first kappa shape index (κ1) is 21.4. The van der Waals surface area contributed by atoms with Gasteiger partial charge in [0.2, 0.25) is 11.8 Å². The Balaban J connectivity index is 1.97. The van der Waals surface area contributed by atoms with Crippen LogP contribution in [0.1, 0.15) is 48.9 Å². The Kier molecular flexibility index (Phi) is 7.54. The standard InChI is InChI=1S/C20H27N3O5/c1-22(2)18(25)11-6-10-17(24)21-15-8-5-7-14(13-15)19(26)23-12-4-3-9-16(23)20(27)28/h5,7-8,13,16H,3-4,6,9-12H2,1-2H3,(H,21,24)(H,27,28). The number of likely N-dealkylation sites (tertiary alicyclic amines) is 1. The molecule has 1 aliphatic rings. The fourth-order valence-corrected chi connectivity index (χ4v) is 3.17. The summed E-state index contributed by atoms with van der Waals surface area (Å²) in [4.78, 5) is 50.7. The van der Waals surface area contributed by atoms with Crippen LogP contribution >= 0.6 is 0 Å². The fourth-order valence-electron chi connectivity index (χ4n) is 3.17. The number of hydrogen-bond acceptors (Lipinski definition) is 4. The van der Waals surface area contributed by atoms with Gasteiger partial charge in [-0.25, -0.2) is 4.79 Å². The predicted octanol–water partition coefficient (Wildman–Crippen LogP) is 1.96. The average molecular weight is 389 g/mol. The van der Waals surface area contributed by atoms with Gasteiger partial charge in [0.1, 0.15) is 6.04 Å².